The molecule has 0 aromatic carbocycles. The van der Waals surface area contributed by atoms with Crippen LogP contribution < -0.4 is 5.32 Å². The first-order chi connectivity index (χ1) is 8.53. The molecule has 0 radical (unpaired) electrons. The van der Waals surface area contributed by atoms with Gasteiger partial charge in [0.15, 0.2) is 5.17 Å². The predicted octanol–water partition coefficient (Wildman–Crippen LogP) is 2.58. The van der Waals surface area contributed by atoms with Crippen LogP contribution in [0, 0.1) is 5.41 Å². The van der Waals surface area contributed by atoms with Gasteiger partial charge in [-0.2, -0.15) is 0 Å². The van der Waals surface area contributed by atoms with Gasteiger partial charge in [0, 0.05) is 18.3 Å². The molecule has 0 bridgehead atoms. The van der Waals surface area contributed by atoms with E-state index in [1.165, 1.54) is 44.1 Å². The molecule has 2 aliphatic rings. The van der Waals surface area contributed by atoms with Gasteiger partial charge >= 0.3 is 0 Å². The van der Waals surface area contributed by atoms with Crippen molar-refractivity contribution in [3.63, 3.8) is 0 Å². The van der Waals surface area contributed by atoms with Gasteiger partial charge in [-0.3, -0.25) is 4.99 Å². The fourth-order valence-corrected chi connectivity index (χ4v) is 4.01. The molecule has 0 saturated carbocycles. The predicted molar refractivity (Wildman–Crippen MR) is 81.4 cm³/mol. The second-order valence-electron chi connectivity index (χ2n) is 6.63. The zero-order chi connectivity index (χ0) is 13.0. The lowest BCUT2D eigenvalue weighted by Gasteiger charge is -2.21. The van der Waals surface area contributed by atoms with Gasteiger partial charge in [-0.25, -0.2) is 0 Å². The maximum atomic E-state index is 4.62. The van der Waals surface area contributed by atoms with Crippen molar-refractivity contribution in [3.05, 3.63) is 0 Å². The Balaban J connectivity index is 1.60. The summed E-state index contributed by atoms with van der Waals surface area (Å²) < 4.78 is 0. The van der Waals surface area contributed by atoms with Gasteiger partial charge in [0.2, 0.25) is 0 Å². The Kier molecular flexibility index (Phi) is 4.96. The Labute approximate surface area is 116 Å². The molecule has 0 aromatic heterocycles. The number of hydrogen-bond donors (Lipinski definition) is 1. The number of hydrogen-bond acceptors (Lipinski definition) is 4. The van der Waals surface area contributed by atoms with Gasteiger partial charge in [-0.05, 0) is 37.8 Å². The third-order valence-corrected chi connectivity index (χ3v) is 4.61. The molecule has 4 heteroatoms. The van der Waals surface area contributed by atoms with Crippen LogP contribution in [-0.2, 0) is 0 Å². The monoisotopic (exact) mass is 269 g/mol. The van der Waals surface area contributed by atoms with Gasteiger partial charge in [0.05, 0.1) is 6.54 Å². The van der Waals surface area contributed by atoms with E-state index in [0.29, 0.717) is 10.7 Å². The average Bonchev–Trinajstić information content (AvgIpc) is 2.88. The van der Waals surface area contributed by atoms with E-state index in [2.05, 4.69) is 36.0 Å². The largest absolute Gasteiger partial charge is 0.364 e. The van der Waals surface area contributed by atoms with Gasteiger partial charge in [0.1, 0.15) is 0 Å². The Bertz CT molecular complexity index is 290. The quantitative estimate of drug-likeness (QED) is 0.850. The number of likely N-dealkylation sites (tertiary alicyclic amines) is 1. The summed E-state index contributed by atoms with van der Waals surface area (Å²) in [5.74, 6) is 0. The molecule has 2 rings (SSSR count). The first-order valence-corrected chi connectivity index (χ1v) is 8.08. The molecule has 0 aromatic rings. The summed E-state index contributed by atoms with van der Waals surface area (Å²) in [6.07, 6.45) is 4.01. The Morgan fingerprint density at radius 1 is 1.33 bits per heavy atom. The maximum absolute atomic E-state index is 4.62. The summed E-state index contributed by atoms with van der Waals surface area (Å²) >= 11 is 1.94. The third kappa shape index (κ3) is 4.81. The zero-order valence-corrected chi connectivity index (χ0v) is 12.9. The summed E-state index contributed by atoms with van der Waals surface area (Å²) in [7, 11) is 0. The minimum absolute atomic E-state index is 0.415. The lowest BCUT2D eigenvalue weighted by atomic mass is 9.90. The lowest BCUT2D eigenvalue weighted by Crippen LogP contribution is -2.32. The SMILES string of the molecule is CC(C)(C)CC1CN=C(NCCN2CCCC2)S1. The highest BCUT2D eigenvalue weighted by molar-refractivity contribution is 8.14. The minimum atomic E-state index is 0.415. The summed E-state index contributed by atoms with van der Waals surface area (Å²) in [5.41, 5.74) is 0.415. The second-order valence-corrected chi connectivity index (χ2v) is 7.92. The van der Waals surface area contributed by atoms with Crippen molar-refractivity contribution in [1.29, 1.82) is 0 Å². The molecule has 1 unspecified atom stereocenters. The summed E-state index contributed by atoms with van der Waals surface area (Å²) in [5, 5.41) is 5.35. The average molecular weight is 269 g/mol. The zero-order valence-electron chi connectivity index (χ0n) is 12.0. The van der Waals surface area contributed by atoms with Crippen LogP contribution in [0.15, 0.2) is 4.99 Å². The highest BCUT2D eigenvalue weighted by atomic mass is 32.2. The topological polar surface area (TPSA) is 27.6 Å². The standard InChI is InChI=1S/C14H27N3S/c1-14(2,3)10-12-11-16-13(18-12)15-6-9-17-7-4-5-8-17/h12H,4-11H2,1-3H3,(H,15,16). The van der Waals surface area contributed by atoms with E-state index in [9.17, 15) is 0 Å². The molecule has 1 fully saturated rings. The summed E-state index contributed by atoms with van der Waals surface area (Å²) in [4.78, 5) is 7.16. The van der Waals surface area contributed by atoms with Crippen molar-refractivity contribution >= 4 is 16.9 Å². The van der Waals surface area contributed by atoms with Crippen molar-refractivity contribution < 1.29 is 0 Å². The Morgan fingerprint density at radius 2 is 2.06 bits per heavy atom. The molecule has 1 atom stereocenters. The molecule has 104 valence electrons. The summed E-state index contributed by atoms with van der Waals surface area (Å²) in [6.45, 7) is 12.7. The van der Waals surface area contributed by atoms with E-state index in [4.69, 9.17) is 0 Å². The van der Waals surface area contributed by atoms with Crippen molar-refractivity contribution in [2.45, 2.75) is 45.3 Å². The molecule has 1 N–H and O–H groups in total. The fourth-order valence-electron chi connectivity index (χ4n) is 2.63. The van der Waals surface area contributed by atoms with Crippen molar-refractivity contribution in [2.24, 2.45) is 10.4 Å². The number of nitrogens with zero attached hydrogens (tertiary/aromatic N) is 2. The highest BCUT2D eigenvalue weighted by Gasteiger charge is 2.24. The van der Waals surface area contributed by atoms with E-state index < -0.39 is 0 Å². The van der Waals surface area contributed by atoms with Crippen LogP contribution in [0.5, 0.6) is 0 Å². The Morgan fingerprint density at radius 3 is 2.72 bits per heavy atom. The lowest BCUT2D eigenvalue weighted by molar-refractivity contribution is 0.344. The molecule has 3 nitrogen and oxygen atoms in total. The maximum Gasteiger partial charge on any atom is 0.156 e. The molecule has 0 spiro atoms. The molecular formula is C14H27N3S. The number of thioether (sulfide) groups is 1. The summed E-state index contributed by atoms with van der Waals surface area (Å²) in [6, 6.07) is 0. The number of amidine groups is 1. The molecule has 2 aliphatic heterocycles. The number of rotatable bonds is 4. The molecule has 0 aliphatic carbocycles. The van der Waals surface area contributed by atoms with Crippen molar-refractivity contribution in [3.8, 4) is 0 Å². The first kappa shape index (κ1) is 14.2. The smallest absolute Gasteiger partial charge is 0.156 e. The number of aliphatic imine (C=N–C) groups is 1. The molecule has 18 heavy (non-hydrogen) atoms. The van der Waals surface area contributed by atoms with Crippen LogP contribution in [0.2, 0.25) is 0 Å². The van der Waals surface area contributed by atoms with Crippen LogP contribution in [0.4, 0.5) is 0 Å². The molecule has 1 saturated heterocycles. The van der Waals surface area contributed by atoms with Crippen LogP contribution in [0.3, 0.4) is 0 Å². The van der Waals surface area contributed by atoms with Crippen LogP contribution in [0.25, 0.3) is 0 Å². The molecular weight excluding hydrogens is 242 g/mol. The van der Waals surface area contributed by atoms with Crippen molar-refractivity contribution in [2.75, 3.05) is 32.7 Å². The van der Waals surface area contributed by atoms with Gasteiger partial charge < -0.3 is 10.2 Å². The molecule has 0 amide bonds. The van der Waals surface area contributed by atoms with E-state index in [0.717, 1.165) is 13.1 Å². The normalized spacial score (nSPS) is 25.5. The van der Waals surface area contributed by atoms with Gasteiger partial charge in [0.25, 0.3) is 0 Å². The fraction of sp³-hybridized carbons (Fsp3) is 0.929. The van der Waals surface area contributed by atoms with E-state index >= 15 is 0 Å². The number of nitrogens with one attached hydrogen (secondary N) is 1. The molecule has 2 heterocycles. The van der Waals surface area contributed by atoms with Gasteiger partial charge in [-0.15, -0.1) is 0 Å². The minimum Gasteiger partial charge on any atom is -0.364 e. The van der Waals surface area contributed by atoms with E-state index in [-0.39, 0.29) is 0 Å². The van der Waals surface area contributed by atoms with Crippen LogP contribution >= 0.6 is 11.8 Å². The third-order valence-electron chi connectivity index (χ3n) is 3.46. The second kappa shape index (κ2) is 6.29. The van der Waals surface area contributed by atoms with E-state index in [1.54, 1.807) is 0 Å². The Hall–Kier alpha value is -0.220. The van der Waals surface area contributed by atoms with Crippen LogP contribution in [-0.4, -0.2) is 48.0 Å². The van der Waals surface area contributed by atoms with E-state index in [1.807, 2.05) is 11.8 Å². The highest BCUT2D eigenvalue weighted by Crippen LogP contribution is 2.31. The van der Waals surface area contributed by atoms with Crippen LogP contribution in [0.1, 0.15) is 40.0 Å². The van der Waals surface area contributed by atoms with Crippen molar-refractivity contribution in [1.82, 2.24) is 10.2 Å². The van der Waals surface area contributed by atoms with Gasteiger partial charge in [-0.1, -0.05) is 32.5 Å². The first-order valence-electron chi connectivity index (χ1n) is 7.20.